The lowest BCUT2D eigenvalue weighted by Crippen LogP contribution is -2.32. The van der Waals surface area contributed by atoms with E-state index in [0.29, 0.717) is 27.6 Å². The topological polar surface area (TPSA) is 56.6 Å². The number of hydrogen-bond acceptors (Lipinski definition) is 3. The molecule has 1 heterocycles. The van der Waals surface area contributed by atoms with Crippen LogP contribution >= 0.6 is 11.6 Å². The van der Waals surface area contributed by atoms with Gasteiger partial charge in [-0.15, -0.1) is 0 Å². The van der Waals surface area contributed by atoms with Crippen LogP contribution in [0.5, 0.6) is 11.5 Å². The number of urea groups is 1. The monoisotopic (exact) mass is 559 g/mol. The average Bonchev–Trinajstić information content (AvgIpc) is 3.19. The second-order valence-electron chi connectivity index (χ2n) is 9.02. The molecule has 1 aliphatic rings. The first-order chi connectivity index (χ1) is 19.2. The largest absolute Gasteiger partial charge is 0.457 e. The van der Waals surface area contributed by atoms with E-state index in [2.05, 4.69) is 6.58 Å². The molecule has 0 N–H and O–H groups in total. The van der Waals surface area contributed by atoms with E-state index in [1.54, 1.807) is 48.5 Å². The molecule has 40 heavy (non-hydrogen) atoms. The molecule has 1 saturated heterocycles. The number of carbonyl (C=O) groups is 1. The molecule has 1 fully saturated rings. The first-order valence-corrected chi connectivity index (χ1v) is 12.5. The SMILES string of the molecule is C=C1C(c2ccccc2)N(Cc2c(Cl)cccc2Oc2ccccc2)C(=O)N1c1ccc(C#N)c(C(F)(F)F)c1. The number of amides is 2. The molecule has 4 aromatic carbocycles. The van der Waals surface area contributed by atoms with Gasteiger partial charge in [-0.25, -0.2) is 4.79 Å². The summed E-state index contributed by atoms with van der Waals surface area (Å²) in [7, 11) is 0. The lowest BCUT2D eigenvalue weighted by Gasteiger charge is -2.25. The number of rotatable bonds is 6. The van der Waals surface area contributed by atoms with Crippen LogP contribution in [-0.4, -0.2) is 10.9 Å². The Hall–Kier alpha value is -4.74. The van der Waals surface area contributed by atoms with Gasteiger partial charge in [-0.05, 0) is 48.0 Å². The van der Waals surface area contributed by atoms with Crippen LogP contribution in [0.4, 0.5) is 23.7 Å². The molecule has 0 spiro atoms. The van der Waals surface area contributed by atoms with Crippen molar-refractivity contribution in [2.75, 3.05) is 4.90 Å². The molecular formula is C31H21ClF3N3O2. The Balaban J connectivity index is 1.59. The third-order valence-corrected chi connectivity index (χ3v) is 6.88. The highest BCUT2D eigenvalue weighted by Crippen LogP contribution is 2.44. The van der Waals surface area contributed by atoms with Crippen molar-refractivity contribution in [3.8, 4) is 17.6 Å². The second-order valence-corrected chi connectivity index (χ2v) is 9.43. The number of ether oxygens (including phenoxy) is 1. The molecule has 5 rings (SSSR count). The summed E-state index contributed by atoms with van der Waals surface area (Å²) >= 11 is 6.60. The fourth-order valence-corrected chi connectivity index (χ4v) is 4.91. The molecule has 0 bridgehead atoms. The van der Waals surface area contributed by atoms with Crippen molar-refractivity contribution < 1.29 is 22.7 Å². The van der Waals surface area contributed by atoms with E-state index >= 15 is 0 Å². The first-order valence-electron chi connectivity index (χ1n) is 12.1. The quantitative estimate of drug-likeness (QED) is 0.237. The number of halogens is 4. The van der Waals surface area contributed by atoms with Gasteiger partial charge >= 0.3 is 12.2 Å². The van der Waals surface area contributed by atoms with Gasteiger partial charge in [0.05, 0.1) is 35.5 Å². The fourth-order valence-electron chi connectivity index (χ4n) is 4.68. The lowest BCUT2D eigenvalue weighted by molar-refractivity contribution is -0.137. The van der Waals surface area contributed by atoms with Crippen LogP contribution in [0.25, 0.3) is 0 Å². The summed E-state index contributed by atoms with van der Waals surface area (Å²) in [6.45, 7) is 4.10. The highest BCUT2D eigenvalue weighted by molar-refractivity contribution is 6.31. The number of nitriles is 1. The zero-order valence-corrected chi connectivity index (χ0v) is 21.7. The Bertz CT molecular complexity index is 1620. The van der Waals surface area contributed by atoms with E-state index in [-0.39, 0.29) is 17.9 Å². The van der Waals surface area contributed by atoms with Gasteiger partial charge in [-0.1, -0.05) is 72.8 Å². The predicted octanol–water partition coefficient (Wildman–Crippen LogP) is 8.72. The van der Waals surface area contributed by atoms with E-state index in [4.69, 9.17) is 16.3 Å². The molecule has 0 aliphatic carbocycles. The number of para-hydroxylation sites is 1. The molecule has 0 radical (unpaired) electrons. The summed E-state index contributed by atoms with van der Waals surface area (Å²) in [5, 5.41) is 9.57. The average molecular weight is 560 g/mol. The van der Waals surface area contributed by atoms with Crippen molar-refractivity contribution >= 4 is 23.3 Å². The molecule has 9 heteroatoms. The lowest BCUT2D eigenvalue weighted by atomic mass is 10.0. The minimum atomic E-state index is -4.79. The van der Waals surface area contributed by atoms with Crippen LogP contribution in [0.3, 0.4) is 0 Å². The number of anilines is 1. The Morgan fingerprint density at radius 3 is 2.27 bits per heavy atom. The highest BCUT2D eigenvalue weighted by Gasteiger charge is 2.44. The van der Waals surface area contributed by atoms with Gasteiger partial charge in [-0.2, -0.15) is 18.4 Å². The van der Waals surface area contributed by atoms with Crippen LogP contribution in [0, 0.1) is 11.3 Å². The van der Waals surface area contributed by atoms with Gasteiger partial charge in [0.2, 0.25) is 0 Å². The van der Waals surface area contributed by atoms with Crippen molar-refractivity contribution in [2.24, 2.45) is 0 Å². The third kappa shape index (κ3) is 5.12. The molecule has 0 aromatic heterocycles. The van der Waals surface area contributed by atoms with Gasteiger partial charge in [-0.3, -0.25) is 4.90 Å². The van der Waals surface area contributed by atoms with Crippen molar-refractivity contribution in [3.05, 3.63) is 137 Å². The van der Waals surface area contributed by atoms with Gasteiger partial charge in [0.25, 0.3) is 0 Å². The second kappa shape index (κ2) is 10.8. The zero-order chi connectivity index (χ0) is 28.4. The first kappa shape index (κ1) is 26.9. The van der Waals surface area contributed by atoms with Crippen LogP contribution in [0.15, 0.2) is 109 Å². The summed E-state index contributed by atoms with van der Waals surface area (Å²) in [6.07, 6.45) is -4.79. The molecule has 1 atom stereocenters. The van der Waals surface area contributed by atoms with E-state index in [0.717, 1.165) is 17.0 Å². The summed E-state index contributed by atoms with van der Waals surface area (Å²) in [5.41, 5.74) is -0.231. The molecule has 1 unspecified atom stereocenters. The normalized spacial score (nSPS) is 15.3. The summed E-state index contributed by atoms with van der Waals surface area (Å²) < 4.78 is 47.3. The number of carbonyl (C=O) groups excluding carboxylic acids is 1. The van der Waals surface area contributed by atoms with Crippen molar-refractivity contribution in [1.29, 1.82) is 5.26 Å². The number of alkyl halides is 3. The molecule has 4 aromatic rings. The smallest absolute Gasteiger partial charge is 0.417 e. The zero-order valence-electron chi connectivity index (χ0n) is 20.9. The van der Waals surface area contributed by atoms with Crippen LogP contribution in [-0.2, 0) is 12.7 Å². The third-order valence-electron chi connectivity index (χ3n) is 6.53. The fraction of sp³-hybridized carbons (Fsp3) is 0.0968. The molecule has 2 amide bonds. The van der Waals surface area contributed by atoms with Crippen LogP contribution in [0.2, 0.25) is 5.02 Å². The molecule has 0 saturated carbocycles. The van der Waals surface area contributed by atoms with Gasteiger partial charge in [0.15, 0.2) is 0 Å². The maximum atomic E-state index is 14.0. The number of benzene rings is 4. The number of nitrogens with zero attached hydrogens (tertiary/aromatic N) is 3. The van der Waals surface area contributed by atoms with Crippen molar-refractivity contribution in [3.63, 3.8) is 0 Å². The maximum Gasteiger partial charge on any atom is 0.417 e. The molecular weight excluding hydrogens is 539 g/mol. The van der Waals surface area contributed by atoms with Crippen LogP contribution < -0.4 is 9.64 Å². The molecule has 5 nitrogen and oxygen atoms in total. The molecule has 200 valence electrons. The maximum absolute atomic E-state index is 14.0. The van der Waals surface area contributed by atoms with Gasteiger partial charge in [0, 0.05) is 16.3 Å². The summed E-state index contributed by atoms with van der Waals surface area (Å²) in [4.78, 5) is 16.6. The van der Waals surface area contributed by atoms with Crippen molar-refractivity contribution in [2.45, 2.75) is 18.8 Å². The Kier molecular flexibility index (Phi) is 7.24. The summed E-state index contributed by atoms with van der Waals surface area (Å²) in [5.74, 6) is 1.00. The minimum absolute atomic E-state index is 0.0157. The summed E-state index contributed by atoms with van der Waals surface area (Å²) in [6, 6.07) is 26.7. The Labute approximate surface area is 233 Å². The van der Waals surface area contributed by atoms with E-state index < -0.39 is 29.4 Å². The van der Waals surface area contributed by atoms with Gasteiger partial charge < -0.3 is 9.64 Å². The van der Waals surface area contributed by atoms with E-state index in [1.165, 1.54) is 11.0 Å². The van der Waals surface area contributed by atoms with E-state index in [1.807, 2.05) is 36.4 Å². The standard InChI is InChI=1S/C31H21ClF3N3O2/c1-20-29(21-9-4-2-5-10-21)37(19-25-27(32)13-8-14-28(25)40-24-11-6-3-7-12-24)30(39)38(20)23-16-15-22(18-36)26(17-23)31(33,34)35/h2-17,29H,1,19H2. The highest BCUT2D eigenvalue weighted by atomic mass is 35.5. The molecule has 1 aliphatic heterocycles. The van der Waals surface area contributed by atoms with Gasteiger partial charge in [0.1, 0.15) is 11.5 Å². The predicted molar refractivity (Wildman–Crippen MR) is 146 cm³/mol. The Morgan fingerprint density at radius 1 is 0.950 bits per heavy atom. The van der Waals surface area contributed by atoms with Crippen LogP contribution in [0.1, 0.15) is 28.3 Å². The minimum Gasteiger partial charge on any atom is -0.457 e. The number of hydrogen-bond donors (Lipinski definition) is 0. The van der Waals surface area contributed by atoms with E-state index in [9.17, 15) is 23.2 Å². The van der Waals surface area contributed by atoms with Crippen molar-refractivity contribution in [1.82, 2.24) is 4.90 Å². The Morgan fingerprint density at radius 2 is 1.62 bits per heavy atom.